The molecule has 1 N–H and O–H groups in total. The highest BCUT2D eigenvalue weighted by atomic mass is 35.5. The Labute approximate surface area is 90.7 Å². The quantitative estimate of drug-likeness (QED) is 0.810. The van der Waals surface area contributed by atoms with Gasteiger partial charge in [-0.1, -0.05) is 0 Å². The zero-order valence-corrected chi connectivity index (χ0v) is 9.27. The average molecular weight is 256 g/mol. The highest BCUT2D eigenvalue weighted by Gasteiger charge is 2.53. The molecule has 0 saturated heterocycles. The number of aromatic nitrogens is 3. The number of alkyl halides is 2. The molecule has 0 bridgehead atoms. The molecule has 1 aliphatic rings. The van der Waals surface area contributed by atoms with Crippen molar-refractivity contribution in [2.45, 2.75) is 15.9 Å². The molecule has 1 aromatic heterocycles. The van der Waals surface area contributed by atoms with Crippen LogP contribution >= 0.6 is 23.2 Å². The maximum atomic E-state index is 11.6. The van der Waals surface area contributed by atoms with Gasteiger partial charge in [0.2, 0.25) is 15.0 Å². The summed E-state index contributed by atoms with van der Waals surface area (Å²) in [5, 5.41) is 5.64. The summed E-state index contributed by atoms with van der Waals surface area (Å²) in [5.41, 5.74) is 0. The van der Waals surface area contributed by atoms with E-state index < -0.39 is 14.2 Å². The van der Waals surface area contributed by atoms with Gasteiger partial charge in [0.05, 0.1) is 5.75 Å². The van der Waals surface area contributed by atoms with Crippen LogP contribution in [0.1, 0.15) is 6.42 Å². The molecule has 1 heterocycles. The molecule has 78 valence electrons. The first kappa shape index (κ1) is 10.2. The number of sulfone groups is 1. The van der Waals surface area contributed by atoms with E-state index in [-0.39, 0.29) is 16.8 Å². The van der Waals surface area contributed by atoms with Gasteiger partial charge >= 0.3 is 0 Å². The second-order valence-electron chi connectivity index (χ2n) is 3.23. The molecule has 1 aliphatic carbocycles. The summed E-state index contributed by atoms with van der Waals surface area (Å²) in [7, 11) is -3.42. The normalized spacial score (nSPS) is 24.9. The minimum absolute atomic E-state index is 0.0881. The third-order valence-corrected chi connectivity index (χ3v) is 4.62. The minimum Gasteiger partial charge on any atom is -0.250 e. The number of hydrogen-bond acceptors (Lipinski definition) is 4. The van der Waals surface area contributed by atoms with Crippen molar-refractivity contribution in [1.82, 2.24) is 15.2 Å². The van der Waals surface area contributed by atoms with Crippen LogP contribution in [0.3, 0.4) is 0 Å². The SMILES string of the molecule is O=S(=O)(C[C@H]1CC1(Cl)Cl)c1ncn[nH]1. The van der Waals surface area contributed by atoms with E-state index in [1.54, 1.807) is 0 Å². The minimum atomic E-state index is -3.42. The van der Waals surface area contributed by atoms with Crippen LogP contribution in [-0.2, 0) is 9.84 Å². The summed E-state index contributed by atoms with van der Waals surface area (Å²) in [6, 6.07) is 0. The zero-order valence-electron chi connectivity index (χ0n) is 6.94. The van der Waals surface area contributed by atoms with E-state index >= 15 is 0 Å². The highest BCUT2D eigenvalue weighted by Crippen LogP contribution is 2.53. The van der Waals surface area contributed by atoms with Crippen LogP contribution in [0.2, 0.25) is 0 Å². The third kappa shape index (κ3) is 1.87. The van der Waals surface area contributed by atoms with Crippen LogP contribution in [0, 0.1) is 5.92 Å². The highest BCUT2D eigenvalue weighted by molar-refractivity contribution is 7.91. The second-order valence-corrected chi connectivity index (χ2v) is 6.73. The average Bonchev–Trinajstić information content (AvgIpc) is 2.57. The van der Waals surface area contributed by atoms with Crippen molar-refractivity contribution in [2.75, 3.05) is 5.75 Å². The summed E-state index contributed by atoms with van der Waals surface area (Å²) in [6.45, 7) is 0. The summed E-state index contributed by atoms with van der Waals surface area (Å²) in [5.74, 6) is -0.296. The Morgan fingerprint density at radius 3 is 2.71 bits per heavy atom. The van der Waals surface area contributed by atoms with E-state index in [4.69, 9.17) is 23.2 Å². The number of halogens is 2. The molecule has 1 atom stereocenters. The Kier molecular flexibility index (Phi) is 2.24. The number of H-pyrrole nitrogens is 1. The molecule has 1 aromatic rings. The molecule has 0 aliphatic heterocycles. The molecule has 14 heavy (non-hydrogen) atoms. The third-order valence-electron chi connectivity index (χ3n) is 2.06. The number of aromatic amines is 1. The molecule has 0 amide bonds. The molecule has 0 spiro atoms. The molecule has 0 unspecified atom stereocenters. The monoisotopic (exact) mass is 255 g/mol. The Morgan fingerprint density at radius 1 is 1.64 bits per heavy atom. The van der Waals surface area contributed by atoms with Crippen LogP contribution in [-0.4, -0.2) is 33.7 Å². The largest absolute Gasteiger partial charge is 0.250 e. The summed E-state index contributed by atoms with van der Waals surface area (Å²) in [4.78, 5) is 3.58. The number of hydrogen-bond donors (Lipinski definition) is 1. The van der Waals surface area contributed by atoms with Gasteiger partial charge < -0.3 is 0 Å². The second kappa shape index (κ2) is 3.08. The first-order chi connectivity index (χ1) is 6.42. The van der Waals surface area contributed by atoms with Crippen LogP contribution in [0.15, 0.2) is 11.5 Å². The fourth-order valence-corrected chi connectivity index (χ4v) is 3.34. The van der Waals surface area contributed by atoms with Gasteiger partial charge in [0.15, 0.2) is 0 Å². The first-order valence-corrected chi connectivity index (χ1v) is 6.28. The Hall–Kier alpha value is -0.330. The molecule has 2 rings (SSSR count). The summed E-state index contributed by atoms with van der Waals surface area (Å²) < 4.78 is 22.3. The van der Waals surface area contributed by atoms with Gasteiger partial charge in [-0.2, -0.15) is 5.10 Å². The first-order valence-electron chi connectivity index (χ1n) is 3.88. The molecule has 5 nitrogen and oxygen atoms in total. The maximum absolute atomic E-state index is 11.6. The van der Waals surface area contributed by atoms with Gasteiger partial charge in [0.25, 0.3) is 0 Å². The van der Waals surface area contributed by atoms with E-state index in [2.05, 4.69) is 15.2 Å². The smallest absolute Gasteiger partial charge is 0.242 e. The standard InChI is InChI=1S/C6H7Cl2N3O2S/c7-6(8)1-4(6)2-14(12,13)5-9-3-10-11-5/h3-4H,1-2H2,(H,9,10,11)/t4-/m1/s1. The van der Waals surface area contributed by atoms with Gasteiger partial charge in [0, 0.05) is 5.92 Å². The molecule has 0 radical (unpaired) electrons. The Balaban J connectivity index is 2.12. The van der Waals surface area contributed by atoms with E-state index in [1.807, 2.05) is 0 Å². The molecule has 0 aromatic carbocycles. The molecular weight excluding hydrogens is 249 g/mol. The van der Waals surface area contributed by atoms with Crippen molar-refractivity contribution in [1.29, 1.82) is 0 Å². The molecule has 1 fully saturated rings. The lowest BCUT2D eigenvalue weighted by Gasteiger charge is -1.99. The lowest BCUT2D eigenvalue weighted by atomic mass is 10.5. The van der Waals surface area contributed by atoms with Gasteiger partial charge in [-0.25, -0.2) is 13.4 Å². The van der Waals surface area contributed by atoms with Crippen molar-refractivity contribution in [3.8, 4) is 0 Å². The van der Waals surface area contributed by atoms with Crippen LogP contribution in [0.5, 0.6) is 0 Å². The fourth-order valence-electron chi connectivity index (χ4n) is 1.14. The van der Waals surface area contributed by atoms with Gasteiger partial charge in [-0.3, -0.25) is 5.10 Å². The van der Waals surface area contributed by atoms with Crippen molar-refractivity contribution in [3.05, 3.63) is 6.33 Å². The van der Waals surface area contributed by atoms with E-state index in [0.717, 1.165) is 6.33 Å². The summed E-state index contributed by atoms with van der Waals surface area (Å²) in [6.07, 6.45) is 1.65. The van der Waals surface area contributed by atoms with Gasteiger partial charge in [-0.15, -0.1) is 23.2 Å². The van der Waals surface area contributed by atoms with Crippen molar-refractivity contribution in [3.63, 3.8) is 0 Å². The fraction of sp³-hybridized carbons (Fsp3) is 0.667. The molecule has 1 saturated carbocycles. The van der Waals surface area contributed by atoms with Crippen LogP contribution in [0.25, 0.3) is 0 Å². The molecule has 8 heteroatoms. The Morgan fingerprint density at radius 2 is 2.29 bits per heavy atom. The van der Waals surface area contributed by atoms with E-state index in [1.165, 1.54) is 0 Å². The van der Waals surface area contributed by atoms with Gasteiger partial charge in [0.1, 0.15) is 10.7 Å². The van der Waals surface area contributed by atoms with Crippen molar-refractivity contribution < 1.29 is 8.42 Å². The lowest BCUT2D eigenvalue weighted by Crippen LogP contribution is -2.12. The maximum Gasteiger partial charge on any atom is 0.242 e. The molecular formula is C6H7Cl2N3O2S. The van der Waals surface area contributed by atoms with E-state index in [9.17, 15) is 8.42 Å². The van der Waals surface area contributed by atoms with E-state index in [0.29, 0.717) is 6.42 Å². The van der Waals surface area contributed by atoms with Crippen LogP contribution in [0.4, 0.5) is 0 Å². The summed E-state index contributed by atoms with van der Waals surface area (Å²) >= 11 is 11.5. The topological polar surface area (TPSA) is 75.7 Å². The number of rotatable bonds is 3. The van der Waals surface area contributed by atoms with Crippen LogP contribution < -0.4 is 0 Å². The van der Waals surface area contributed by atoms with Crippen molar-refractivity contribution >= 4 is 33.0 Å². The lowest BCUT2D eigenvalue weighted by molar-refractivity contribution is 0.583. The predicted molar refractivity (Wildman–Crippen MR) is 51.0 cm³/mol. The number of nitrogens with one attached hydrogen (secondary N) is 1. The number of nitrogens with zero attached hydrogens (tertiary/aromatic N) is 2. The predicted octanol–water partition coefficient (Wildman–Crippen LogP) is 0.772. The van der Waals surface area contributed by atoms with Gasteiger partial charge in [-0.05, 0) is 6.42 Å². The van der Waals surface area contributed by atoms with Crippen molar-refractivity contribution in [2.24, 2.45) is 5.92 Å². The Bertz CT molecular complexity index is 428. The zero-order chi connectivity index (χ0) is 10.4.